The fourth-order valence-corrected chi connectivity index (χ4v) is 9.60. The second-order valence-electron chi connectivity index (χ2n) is 14.9. The number of ether oxygens (including phenoxy) is 1. The van der Waals surface area contributed by atoms with Crippen LogP contribution in [0.1, 0.15) is 89.9 Å². The zero-order valence-corrected chi connectivity index (χ0v) is 31.2. The summed E-state index contributed by atoms with van der Waals surface area (Å²) in [5, 5.41) is 10.6. The van der Waals surface area contributed by atoms with Crippen molar-refractivity contribution in [2.24, 2.45) is 17.1 Å². The maximum absolute atomic E-state index is 13.4. The summed E-state index contributed by atoms with van der Waals surface area (Å²) in [5.41, 5.74) is 12.2. The minimum absolute atomic E-state index is 0.0378. The Morgan fingerprint density at radius 2 is 1.86 bits per heavy atom. The number of halogens is 1. The molecule has 8 rings (SSSR count). The van der Waals surface area contributed by atoms with Gasteiger partial charge in [-0.05, 0) is 87.1 Å². The predicted molar refractivity (Wildman–Crippen MR) is 206 cm³/mol. The number of amides is 2. The van der Waals surface area contributed by atoms with E-state index in [9.17, 15) is 9.59 Å². The van der Waals surface area contributed by atoms with E-state index >= 15 is 0 Å². The predicted octanol–water partition coefficient (Wildman–Crippen LogP) is 6.82. The van der Waals surface area contributed by atoms with E-state index in [4.69, 9.17) is 34.3 Å². The molecule has 2 aliphatic carbocycles. The molecule has 4 fully saturated rings. The molecule has 2 aromatic carbocycles. The molecule has 4 aromatic rings. The van der Waals surface area contributed by atoms with E-state index in [1.807, 2.05) is 29.6 Å². The molecule has 268 valence electrons. The summed E-state index contributed by atoms with van der Waals surface area (Å²) >= 11 is 13.9. The van der Waals surface area contributed by atoms with E-state index in [1.54, 1.807) is 0 Å². The number of nitrogens with two attached hydrogens (primary N) is 1. The fourth-order valence-electron chi connectivity index (χ4n) is 8.32. The molecule has 12 heteroatoms. The number of rotatable bonds is 11. The van der Waals surface area contributed by atoms with Crippen LogP contribution in [0.15, 0.2) is 48.0 Å². The monoisotopic (exact) mass is 744 g/mol. The van der Waals surface area contributed by atoms with Crippen LogP contribution in [0.2, 0.25) is 5.02 Å². The SMILES string of the molecule is NC(=S)c1cccc(-c2cn(C3CCOCC3)c3c(Cl)c(CNC(=O)C4CC5(CCN(CCNC(=O)c6nc(C7CC7)cs6)CC5)C4)ccc23)c1. The van der Waals surface area contributed by atoms with Crippen LogP contribution in [0.5, 0.6) is 0 Å². The van der Waals surface area contributed by atoms with Crippen molar-refractivity contribution >= 4 is 62.9 Å². The Bertz CT molecular complexity index is 1950. The zero-order chi connectivity index (χ0) is 35.1. The standard InChI is InChI=1S/C39H45ClN6O3S2/c40-33-27(6-7-30-31(25-2-1-3-26(18-25)35(41)50)22-46(34(30)33)29-8-16-49-17-9-29)21-43-36(47)28-19-39(20-28)10-13-45(14-11-39)15-12-42-37(48)38-44-32(23-51-38)24-4-5-24/h1-3,6-7,18,22-24,28-29H,4-5,8-17,19-21H2,(H2,41,50)(H,42,48)(H,43,47). The first kappa shape index (κ1) is 34.7. The van der Waals surface area contributed by atoms with Gasteiger partial charge in [0.05, 0.1) is 16.2 Å². The second-order valence-corrected chi connectivity index (χ2v) is 16.6. The lowest BCUT2D eigenvalue weighted by atomic mass is 9.57. The van der Waals surface area contributed by atoms with Crippen LogP contribution < -0.4 is 16.4 Å². The van der Waals surface area contributed by atoms with Gasteiger partial charge in [0, 0.05) is 78.8 Å². The van der Waals surface area contributed by atoms with E-state index in [0.29, 0.717) is 34.0 Å². The summed E-state index contributed by atoms with van der Waals surface area (Å²) < 4.78 is 7.99. The van der Waals surface area contributed by atoms with Crippen molar-refractivity contribution in [2.45, 2.75) is 69.9 Å². The summed E-state index contributed by atoms with van der Waals surface area (Å²) in [7, 11) is 0. The third-order valence-electron chi connectivity index (χ3n) is 11.6. The number of carbonyl (C=O) groups excluding carboxylic acids is 2. The minimum atomic E-state index is -0.0633. The number of thiocarbonyl (C=S) groups is 1. The van der Waals surface area contributed by atoms with Crippen LogP contribution in [-0.2, 0) is 16.1 Å². The van der Waals surface area contributed by atoms with Gasteiger partial charge >= 0.3 is 0 Å². The molecule has 2 aliphatic heterocycles. The van der Waals surface area contributed by atoms with Crippen LogP contribution in [-0.4, -0.2) is 70.6 Å². The van der Waals surface area contributed by atoms with Crippen molar-refractivity contribution in [2.75, 3.05) is 39.4 Å². The van der Waals surface area contributed by atoms with Gasteiger partial charge in [-0.1, -0.05) is 54.2 Å². The van der Waals surface area contributed by atoms with Gasteiger partial charge in [0.1, 0.15) is 4.99 Å². The van der Waals surface area contributed by atoms with E-state index in [2.05, 4.69) is 43.4 Å². The molecule has 1 spiro atoms. The highest BCUT2D eigenvalue weighted by molar-refractivity contribution is 7.80. The third-order valence-corrected chi connectivity index (χ3v) is 13.1. The molecule has 0 bridgehead atoms. The van der Waals surface area contributed by atoms with Gasteiger partial charge in [-0.3, -0.25) is 9.59 Å². The van der Waals surface area contributed by atoms with Crippen molar-refractivity contribution in [1.82, 2.24) is 25.1 Å². The first-order valence-electron chi connectivity index (χ1n) is 18.3. The molecule has 2 amide bonds. The Kier molecular flexibility index (Phi) is 9.93. The number of likely N-dealkylation sites (tertiary alicyclic amines) is 1. The number of carbonyl (C=O) groups is 2. The van der Waals surface area contributed by atoms with E-state index in [1.165, 1.54) is 24.2 Å². The molecule has 51 heavy (non-hydrogen) atoms. The Balaban J connectivity index is 0.858. The highest BCUT2D eigenvalue weighted by Gasteiger charge is 2.48. The van der Waals surface area contributed by atoms with E-state index in [-0.39, 0.29) is 29.2 Å². The zero-order valence-electron chi connectivity index (χ0n) is 28.8. The number of fused-ring (bicyclic) bond motifs is 1. The smallest absolute Gasteiger partial charge is 0.280 e. The molecule has 4 aliphatic rings. The highest BCUT2D eigenvalue weighted by Crippen LogP contribution is 2.52. The normalized spacial score (nSPS) is 19.6. The Hall–Kier alpha value is -3.35. The second kappa shape index (κ2) is 14.6. The lowest BCUT2D eigenvalue weighted by molar-refractivity contribution is -0.135. The largest absolute Gasteiger partial charge is 0.389 e. The molecule has 0 radical (unpaired) electrons. The molecule has 4 heterocycles. The number of hydrogen-bond donors (Lipinski definition) is 3. The number of nitrogens with zero attached hydrogens (tertiary/aromatic N) is 3. The average Bonchev–Trinajstić information content (AvgIpc) is 3.72. The summed E-state index contributed by atoms with van der Waals surface area (Å²) in [6.45, 7) is 5.30. The number of piperidine rings is 1. The lowest BCUT2D eigenvalue weighted by Gasteiger charge is -2.51. The Morgan fingerprint density at radius 3 is 2.61 bits per heavy atom. The fraction of sp³-hybridized carbons (Fsp3) is 0.487. The average molecular weight is 745 g/mol. The van der Waals surface area contributed by atoms with Gasteiger partial charge in [-0.25, -0.2) is 4.98 Å². The molecule has 0 atom stereocenters. The Labute approximate surface area is 313 Å². The van der Waals surface area contributed by atoms with Gasteiger partial charge in [-0.15, -0.1) is 11.3 Å². The van der Waals surface area contributed by atoms with Gasteiger partial charge in [-0.2, -0.15) is 0 Å². The summed E-state index contributed by atoms with van der Waals surface area (Å²) in [5.74, 6) is 0.656. The summed E-state index contributed by atoms with van der Waals surface area (Å²) in [6, 6.07) is 12.5. The van der Waals surface area contributed by atoms with Crippen LogP contribution >= 0.6 is 35.2 Å². The topological polar surface area (TPSA) is 115 Å². The molecule has 0 unspecified atom stereocenters. The minimum Gasteiger partial charge on any atom is -0.389 e. The number of nitrogens with one attached hydrogen (secondary N) is 2. The van der Waals surface area contributed by atoms with E-state index in [0.717, 1.165) is 110 Å². The maximum Gasteiger partial charge on any atom is 0.280 e. The number of aromatic nitrogens is 2. The van der Waals surface area contributed by atoms with Gasteiger partial charge in [0.2, 0.25) is 5.91 Å². The molecule has 4 N–H and O–H groups in total. The number of hydrogen-bond acceptors (Lipinski definition) is 7. The van der Waals surface area contributed by atoms with Gasteiger partial charge in [0.25, 0.3) is 5.91 Å². The molecular formula is C39H45ClN6O3S2. The molecular weight excluding hydrogens is 700 g/mol. The van der Waals surface area contributed by atoms with Crippen LogP contribution in [0.4, 0.5) is 0 Å². The van der Waals surface area contributed by atoms with Crippen molar-refractivity contribution < 1.29 is 14.3 Å². The van der Waals surface area contributed by atoms with Crippen molar-refractivity contribution in [1.29, 1.82) is 0 Å². The summed E-state index contributed by atoms with van der Waals surface area (Å²) in [4.78, 5) is 33.2. The first-order valence-corrected chi connectivity index (χ1v) is 20.0. The van der Waals surface area contributed by atoms with Crippen LogP contribution in [0, 0.1) is 11.3 Å². The van der Waals surface area contributed by atoms with Crippen LogP contribution in [0.3, 0.4) is 0 Å². The molecule has 2 saturated carbocycles. The van der Waals surface area contributed by atoms with Crippen molar-refractivity contribution in [3.63, 3.8) is 0 Å². The highest BCUT2D eigenvalue weighted by atomic mass is 35.5. The number of benzene rings is 2. The third kappa shape index (κ3) is 7.33. The first-order chi connectivity index (χ1) is 24.8. The van der Waals surface area contributed by atoms with Crippen molar-refractivity contribution in [3.8, 4) is 11.1 Å². The molecule has 2 aromatic heterocycles. The van der Waals surface area contributed by atoms with E-state index < -0.39 is 0 Å². The maximum atomic E-state index is 13.4. The van der Waals surface area contributed by atoms with Gasteiger partial charge in [0.15, 0.2) is 5.01 Å². The Morgan fingerprint density at radius 1 is 1.08 bits per heavy atom. The number of thiazole rings is 1. The van der Waals surface area contributed by atoms with Crippen molar-refractivity contribution in [3.05, 3.63) is 74.8 Å². The summed E-state index contributed by atoms with van der Waals surface area (Å²) in [6.07, 6.45) is 10.5. The van der Waals surface area contributed by atoms with Gasteiger partial charge < -0.3 is 30.6 Å². The quantitative estimate of drug-likeness (QED) is 0.145. The molecule has 9 nitrogen and oxygen atoms in total. The lowest BCUT2D eigenvalue weighted by Crippen LogP contribution is -2.51. The molecule has 2 saturated heterocycles. The van der Waals surface area contributed by atoms with Crippen LogP contribution in [0.25, 0.3) is 22.0 Å².